The molecular weight excluding hydrogens is 416 g/mol. The highest BCUT2D eigenvalue weighted by Crippen LogP contribution is 2.33. The molecule has 1 aromatic heterocycles. The van der Waals surface area contributed by atoms with E-state index < -0.39 is 17.1 Å². The number of methoxy groups -OCH3 is 1. The molecule has 0 atom stereocenters. The van der Waals surface area contributed by atoms with Crippen LogP contribution in [0.4, 0.5) is 4.79 Å². The van der Waals surface area contributed by atoms with Gasteiger partial charge in [-0.1, -0.05) is 11.6 Å². The zero-order valence-corrected chi connectivity index (χ0v) is 17.2. The Morgan fingerprint density at radius 2 is 2.00 bits per heavy atom. The van der Waals surface area contributed by atoms with E-state index >= 15 is 0 Å². The van der Waals surface area contributed by atoms with E-state index in [0.717, 1.165) is 22.2 Å². The van der Waals surface area contributed by atoms with Gasteiger partial charge < -0.3 is 14.5 Å². The summed E-state index contributed by atoms with van der Waals surface area (Å²) in [6.45, 7) is 0.619. The van der Waals surface area contributed by atoms with Crippen LogP contribution in [0.25, 0.3) is 17.4 Å². The number of hydrogen-bond acceptors (Lipinski definition) is 6. The molecule has 29 heavy (non-hydrogen) atoms. The number of furan rings is 1. The lowest BCUT2D eigenvalue weighted by molar-refractivity contribution is -0.129. The van der Waals surface area contributed by atoms with Crippen LogP contribution >= 0.6 is 23.4 Å². The number of benzene rings is 1. The van der Waals surface area contributed by atoms with Crippen molar-refractivity contribution in [2.45, 2.75) is 6.42 Å². The first kappa shape index (κ1) is 21.2. The molecule has 2 heterocycles. The van der Waals surface area contributed by atoms with Gasteiger partial charge in [0.1, 0.15) is 18.1 Å². The third-order valence-electron chi connectivity index (χ3n) is 4.05. The molecular formula is C20H19ClN2O5S. The molecule has 1 aliphatic rings. The maximum atomic E-state index is 12.5. The van der Waals surface area contributed by atoms with Crippen LogP contribution in [0, 0.1) is 0 Å². The molecule has 1 fully saturated rings. The highest BCUT2D eigenvalue weighted by molar-refractivity contribution is 8.18. The first-order chi connectivity index (χ1) is 14.0. The average molecular weight is 435 g/mol. The van der Waals surface area contributed by atoms with E-state index in [9.17, 15) is 14.4 Å². The van der Waals surface area contributed by atoms with Gasteiger partial charge in [-0.25, -0.2) is 0 Å². The lowest BCUT2D eigenvalue weighted by atomic mass is 10.2. The van der Waals surface area contributed by atoms with E-state index in [-0.39, 0.29) is 11.4 Å². The Bertz CT molecular complexity index is 939. The molecule has 0 unspecified atom stereocenters. The maximum Gasteiger partial charge on any atom is 0.294 e. The Morgan fingerprint density at radius 3 is 2.72 bits per heavy atom. The quantitative estimate of drug-likeness (QED) is 0.502. The van der Waals surface area contributed by atoms with Gasteiger partial charge in [0, 0.05) is 36.9 Å². The normalized spacial score (nSPS) is 15.4. The van der Waals surface area contributed by atoms with E-state index in [1.54, 1.807) is 31.4 Å². The first-order valence-electron chi connectivity index (χ1n) is 8.84. The second-order valence-corrected chi connectivity index (χ2v) is 7.60. The van der Waals surface area contributed by atoms with Crippen molar-refractivity contribution in [3.8, 4) is 11.3 Å². The molecule has 0 aliphatic carbocycles. The van der Waals surface area contributed by atoms with Gasteiger partial charge in [-0.05, 0) is 54.6 Å². The van der Waals surface area contributed by atoms with Gasteiger partial charge in [0.15, 0.2) is 0 Å². The number of hydrogen-bond donors (Lipinski definition) is 1. The molecule has 0 spiro atoms. The van der Waals surface area contributed by atoms with Gasteiger partial charge in [0.25, 0.3) is 11.1 Å². The number of carbonyl (C=O) groups excluding carboxylic acids is 3. The molecule has 0 bridgehead atoms. The molecule has 152 valence electrons. The van der Waals surface area contributed by atoms with Gasteiger partial charge in [0.2, 0.25) is 5.91 Å². The first-order valence-corrected chi connectivity index (χ1v) is 10.0. The van der Waals surface area contributed by atoms with Gasteiger partial charge >= 0.3 is 0 Å². The predicted molar refractivity (Wildman–Crippen MR) is 111 cm³/mol. The molecule has 3 amide bonds. The molecule has 1 aliphatic heterocycles. The molecule has 3 rings (SSSR count). The number of imide groups is 1. The van der Waals surface area contributed by atoms with E-state index in [0.29, 0.717) is 36.1 Å². The van der Waals surface area contributed by atoms with Gasteiger partial charge in [-0.15, -0.1) is 0 Å². The minimum Gasteiger partial charge on any atom is -0.457 e. The summed E-state index contributed by atoms with van der Waals surface area (Å²) in [4.78, 5) is 37.7. The molecule has 0 radical (unpaired) electrons. The minimum atomic E-state index is -0.517. The van der Waals surface area contributed by atoms with Crippen molar-refractivity contribution in [3.05, 3.63) is 52.1 Å². The summed E-state index contributed by atoms with van der Waals surface area (Å²) in [5.74, 6) is 0.135. The van der Waals surface area contributed by atoms with E-state index in [4.69, 9.17) is 20.8 Å². The number of nitrogens with one attached hydrogen (secondary N) is 1. The van der Waals surface area contributed by atoms with Crippen molar-refractivity contribution in [3.63, 3.8) is 0 Å². The number of rotatable bonds is 8. The summed E-state index contributed by atoms with van der Waals surface area (Å²) < 4.78 is 10.6. The number of thioether (sulfide) groups is 1. The Balaban J connectivity index is 1.64. The SMILES string of the molecule is COCCCNC(=O)CN1C(=O)S/C(=C\c2ccc(-c3ccc(Cl)cc3)o2)C1=O. The fourth-order valence-electron chi connectivity index (χ4n) is 2.61. The summed E-state index contributed by atoms with van der Waals surface area (Å²) in [6, 6.07) is 10.6. The smallest absolute Gasteiger partial charge is 0.294 e. The van der Waals surface area contributed by atoms with Crippen LogP contribution in [0.3, 0.4) is 0 Å². The molecule has 7 nitrogen and oxygen atoms in total. The summed E-state index contributed by atoms with van der Waals surface area (Å²) in [7, 11) is 1.58. The second kappa shape index (κ2) is 9.78. The molecule has 0 saturated carbocycles. The van der Waals surface area contributed by atoms with Crippen molar-refractivity contribution in [1.29, 1.82) is 0 Å². The zero-order chi connectivity index (χ0) is 20.8. The molecule has 1 saturated heterocycles. The number of carbonyl (C=O) groups is 3. The Hall–Kier alpha value is -2.55. The highest BCUT2D eigenvalue weighted by Gasteiger charge is 2.36. The van der Waals surface area contributed by atoms with Crippen LogP contribution in [0.15, 0.2) is 45.7 Å². The summed E-state index contributed by atoms with van der Waals surface area (Å²) in [6.07, 6.45) is 2.15. The average Bonchev–Trinajstić information content (AvgIpc) is 3.26. The minimum absolute atomic E-state index is 0.208. The Kier molecular flexibility index (Phi) is 7.13. The fraction of sp³-hybridized carbons (Fsp3) is 0.250. The fourth-order valence-corrected chi connectivity index (χ4v) is 3.55. The zero-order valence-electron chi connectivity index (χ0n) is 15.6. The van der Waals surface area contributed by atoms with Crippen LogP contribution < -0.4 is 5.32 Å². The molecule has 9 heteroatoms. The molecule has 2 aromatic rings. The Labute approximate surface area is 177 Å². The van der Waals surface area contributed by atoms with Crippen LogP contribution in [0.1, 0.15) is 12.2 Å². The van der Waals surface area contributed by atoms with Crippen LogP contribution in [-0.4, -0.2) is 48.8 Å². The van der Waals surface area contributed by atoms with Crippen molar-refractivity contribution in [2.24, 2.45) is 0 Å². The summed E-state index contributed by atoms with van der Waals surface area (Å²) in [5.41, 5.74) is 0.840. The third kappa shape index (κ3) is 5.50. The maximum absolute atomic E-state index is 12.5. The van der Waals surface area contributed by atoms with E-state index in [1.165, 1.54) is 6.08 Å². The van der Waals surface area contributed by atoms with Crippen LogP contribution in [0.2, 0.25) is 5.02 Å². The van der Waals surface area contributed by atoms with Crippen molar-refractivity contribution in [2.75, 3.05) is 26.8 Å². The lowest BCUT2D eigenvalue weighted by Gasteiger charge is -2.12. The second-order valence-electron chi connectivity index (χ2n) is 6.17. The lowest BCUT2D eigenvalue weighted by Crippen LogP contribution is -2.39. The summed E-state index contributed by atoms with van der Waals surface area (Å²) >= 11 is 6.67. The monoisotopic (exact) mass is 434 g/mol. The largest absolute Gasteiger partial charge is 0.457 e. The van der Waals surface area contributed by atoms with Crippen molar-refractivity contribution in [1.82, 2.24) is 10.2 Å². The number of nitrogens with zero attached hydrogens (tertiary/aromatic N) is 1. The topological polar surface area (TPSA) is 88.8 Å². The number of amides is 3. The Morgan fingerprint density at radius 1 is 1.24 bits per heavy atom. The van der Waals surface area contributed by atoms with Crippen molar-refractivity contribution < 1.29 is 23.5 Å². The number of ether oxygens (including phenoxy) is 1. The van der Waals surface area contributed by atoms with Gasteiger partial charge in [-0.3, -0.25) is 19.3 Å². The summed E-state index contributed by atoms with van der Waals surface area (Å²) in [5, 5.41) is 2.79. The van der Waals surface area contributed by atoms with Crippen LogP contribution in [-0.2, 0) is 14.3 Å². The third-order valence-corrected chi connectivity index (χ3v) is 5.21. The van der Waals surface area contributed by atoms with Gasteiger partial charge in [0.05, 0.1) is 4.91 Å². The molecule has 1 N–H and O–H groups in total. The standard InChI is InChI=1S/C20H19ClN2O5S/c1-27-10-2-9-22-18(24)12-23-19(25)17(29-20(23)26)11-15-7-8-16(28-15)13-3-5-14(21)6-4-13/h3-8,11H,2,9-10,12H2,1H3,(H,22,24)/b17-11-. The van der Waals surface area contributed by atoms with Crippen LogP contribution in [0.5, 0.6) is 0 Å². The molecule has 1 aromatic carbocycles. The number of halogens is 1. The van der Waals surface area contributed by atoms with E-state index in [2.05, 4.69) is 5.32 Å². The van der Waals surface area contributed by atoms with E-state index in [1.807, 2.05) is 12.1 Å². The highest BCUT2D eigenvalue weighted by atomic mass is 35.5. The van der Waals surface area contributed by atoms with Crippen molar-refractivity contribution >= 4 is 46.5 Å². The van der Waals surface area contributed by atoms with Gasteiger partial charge in [-0.2, -0.15) is 0 Å². The predicted octanol–water partition coefficient (Wildman–Crippen LogP) is 3.79.